The highest BCUT2D eigenvalue weighted by Gasteiger charge is 2.41. The number of benzene rings is 2. The predicted molar refractivity (Wildman–Crippen MR) is 103 cm³/mol. The minimum absolute atomic E-state index is 0.0170. The molecule has 1 unspecified atom stereocenters. The van der Waals surface area contributed by atoms with E-state index in [1.807, 2.05) is 30.3 Å². The van der Waals surface area contributed by atoms with Crippen LogP contribution in [0.1, 0.15) is 17.9 Å². The van der Waals surface area contributed by atoms with Crippen LogP contribution >= 0.6 is 11.8 Å². The first-order valence-corrected chi connectivity index (χ1v) is 9.53. The van der Waals surface area contributed by atoms with E-state index in [4.69, 9.17) is 4.42 Å². The van der Waals surface area contributed by atoms with Crippen LogP contribution < -0.4 is 4.90 Å². The van der Waals surface area contributed by atoms with E-state index in [2.05, 4.69) is 10.2 Å². The molecule has 4 rings (SSSR count). The number of imide groups is 1. The fourth-order valence-corrected chi connectivity index (χ4v) is 3.85. The number of amides is 2. The van der Waals surface area contributed by atoms with Gasteiger partial charge in [-0.3, -0.25) is 19.7 Å². The zero-order chi connectivity index (χ0) is 20.4. The molecule has 29 heavy (non-hydrogen) atoms. The molecule has 146 valence electrons. The summed E-state index contributed by atoms with van der Waals surface area (Å²) in [6, 6.07) is 14.9. The van der Waals surface area contributed by atoms with Crippen molar-refractivity contribution in [3.63, 3.8) is 0 Å². The first-order chi connectivity index (χ1) is 14.0. The Bertz CT molecular complexity index is 1070. The zero-order valence-corrected chi connectivity index (χ0v) is 15.7. The monoisotopic (exact) mass is 410 g/mol. The number of nitro benzene ring substituents is 1. The summed E-state index contributed by atoms with van der Waals surface area (Å²) < 4.78 is 5.60. The molecule has 3 aromatic rings. The molecule has 0 aliphatic carbocycles. The molecule has 1 fully saturated rings. The van der Waals surface area contributed by atoms with Crippen molar-refractivity contribution in [2.24, 2.45) is 0 Å². The number of hydrogen-bond donors (Lipinski definition) is 0. The SMILES string of the molecule is O=C1CC(Sc2nnc(Cc3ccccc3)o2)C(=O)N1c1ccc([N+](=O)[O-])cc1. The van der Waals surface area contributed by atoms with Gasteiger partial charge in [0.15, 0.2) is 0 Å². The molecule has 1 atom stereocenters. The second kappa shape index (κ2) is 7.84. The molecule has 9 nitrogen and oxygen atoms in total. The van der Waals surface area contributed by atoms with Gasteiger partial charge in [0.25, 0.3) is 10.9 Å². The van der Waals surface area contributed by atoms with Gasteiger partial charge < -0.3 is 4.42 Å². The standard InChI is InChI=1S/C19H14N4O5S/c24-17-11-15(18(25)22(17)13-6-8-14(9-7-13)23(26)27)29-19-21-20-16(28-19)10-12-4-2-1-3-5-12/h1-9,15H,10-11H2. The first kappa shape index (κ1) is 18.8. The lowest BCUT2D eigenvalue weighted by atomic mass is 10.2. The van der Waals surface area contributed by atoms with Crippen molar-refractivity contribution >= 4 is 35.0 Å². The van der Waals surface area contributed by atoms with E-state index in [1.165, 1.54) is 24.3 Å². The Morgan fingerprint density at radius 1 is 1.10 bits per heavy atom. The number of nitro groups is 1. The van der Waals surface area contributed by atoms with E-state index in [-0.39, 0.29) is 23.2 Å². The van der Waals surface area contributed by atoms with Crippen molar-refractivity contribution in [2.75, 3.05) is 4.90 Å². The highest BCUT2D eigenvalue weighted by molar-refractivity contribution is 8.00. The zero-order valence-electron chi connectivity index (χ0n) is 14.9. The molecule has 2 heterocycles. The van der Waals surface area contributed by atoms with Gasteiger partial charge in [-0.25, -0.2) is 4.90 Å². The molecule has 1 aliphatic heterocycles. The Labute approximate surface area is 168 Å². The summed E-state index contributed by atoms with van der Waals surface area (Å²) in [5.41, 5.74) is 1.20. The second-order valence-corrected chi connectivity index (χ2v) is 7.43. The predicted octanol–water partition coefficient (Wildman–Crippen LogP) is 2.99. The lowest BCUT2D eigenvalue weighted by Gasteiger charge is -2.14. The molecule has 1 saturated heterocycles. The molecular formula is C19H14N4O5S. The van der Waals surface area contributed by atoms with Crippen molar-refractivity contribution < 1.29 is 18.9 Å². The maximum Gasteiger partial charge on any atom is 0.277 e. The Hall–Kier alpha value is -3.53. The number of hydrogen-bond acceptors (Lipinski definition) is 8. The number of non-ortho nitro benzene ring substituents is 1. The molecule has 1 aromatic heterocycles. The van der Waals surface area contributed by atoms with Gasteiger partial charge in [-0.1, -0.05) is 42.1 Å². The van der Waals surface area contributed by atoms with Gasteiger partial charge in [0, 0.05) is 18.6 Å². The first-order valence-electron chi connectivity index (χ1n) is 8.65. The molecule has 0 spiro atoms. The maximum atomic E-state index is 12.7. The highest BCUT2D eigenvalue weighted by atomic mass is 32.2. The van der Waals surface area contributed by atoms with Gasteiger partial charge in [0.2, 0.25) is 17.7 Å². The minimum atomic E-state index is -0.692. The molecule has 2 amide bonds. The molecule has 10 heteroatoms. The Balaban J connectivity index is 1.44. The van der Waals surface area contributed by atoms with Crippen molar-refractivity contribution in [2.45, 2.75) is 23.3 Å². The highest BCUT2D eigenvalue weighted by Crippen LogP contribution is 2.34. The number of nitrogens with zero attached hydrogens (tertiary/aromatic N) is 4. The van der Waals surface area contributed by atoms with Crippen LogP contribution in [0.4, 0.5) is 11.4 Å². The van der Waals surface area contributed by atoms with Crippen LogP contribution in [0, 0.1) is 10.1 Å². The van der Waals surface area contributed by atoms with Gasteiger partial charge in [-0.15, -0.1) is 10.2 Å². The fourth-order valence-electron chi connectivity index (χ4n) is 2.94. The average molecular weight is 410 g/mol. The molecule has 1 aliphatic rings. The lowest BCUT2D eigenvalue weighted by Crippen LogP contribution is -2.31. The topological polar surface area (TPSA) is 119 Å². The number of thioether (sulfide) groups is 1. The summed E-state index contributed by atoms with van der Waals surface area (Å²) >= 11 is 1.04. The van der Waals surface area contributed by atoms with Crippen molar-refractivity contribution in [3.05, 3.63) is 76.2 Å². The van der Waals surface area contributed by atoms with E-state index >= 15 is 0 Å². The van der Waals surface area contributed by atoms with E-state index in [9.17, 15) is 19.7 Å². The number of anilines is 1. The van der Waals surface area contributed by atoms with Gasteiger partial charge in [-0.2, -0.15) is 0 Å². The van der Waals surface area contributed by atoms with Crippen LogP contribution in [0.25, 0.3) is 0 Å². The second-order valence-electron chi connectivity index (χ2n) is 6.28. The van der Waals surface area contributed by atoms with Crippen molar-refractivity contribution in [1.82, 2.24) is 10.2 Å². The van der Waals surface area contributed by atoms with Crippen molar-refractivity contribution in [1.29, 1.82) is 0 Å². The summed E-state index contributed by atoms with van der Waals surface area (Å²) in [5, 5.41) is 18.2. The van der Waals surface area contributed by atoms with Crippen LogP contribution in [0.15, 0.2) is 64.2 Å². The smallest absolute Gasteiger partial charge is 0.277 e. The normalized spacial score (nSPS) is 16.4. The van der Waals surface area contributed by atoms with E-state index in [0.717, 1.165) is 22.2 Å². The molecular weight excluding hydrogens is 396 g/mol. The molecule has 0 saturated carbocycles. The Morgan fingerprint density at radius 3 is 2.52 bits per heavy atom. The minimum Gasteiger partial charge on any atom is -0.416 e. The Kier molecular flexibility index (Phi) is 5.09. The average Bonchev–Trinajstić information content (AvgIpc) is 3.26. The summed E-state index contributed by atoms with van der Waals surface area (Å²) in [4.78, 5) is 36.3. The summed E-state index contributed by atoms with van der Waals surface area (Å²) in [7, 11) is 0. The van der Waals surface area contributed by atoms with Crippen LogP contribution in [0.3, 0.4) is 0 Å². The van der Waals surface area contributed by atoms with Gasteiger partial charge in [-0.05, 0) is 17.7 Å². The molecule has 0 bridgehead atoms. The molecule has 0 radical (unpaired) electrons. The van der Waals surface area contributed by atoms with E-state index in [1.54, 1.807) is 0 Å². The third-order valence-electron chi connectivity index (χ3n) is 4.31. The lowest BCUT2D eigenvalue weighted by molar-refractivity contribution is -0.384. The third-order valence-corrected chi connectivity index (χ3v) is 5.33. The number of carbonyl (C=O) groups excluding carboxylic acids is 2. The summed E-state index contributed by atoms with van der Waals surface area (Å²) in [6.07, 6.45) is 0.456. The van der Waals surface area contributed by atoms with Gasteiger partial charge in [0.05, 0.1) is 17.0 Å². The number of carbonyl (C=O) groups is 2. The quantitative estimate of drug-likeness (QED) is 0.346. The van der Waals surface area contributed by atoms with Gasteiger partial charge >= 0.3 is 0 Å². The number of rotatable bonds is 6. The Morgan fingerprint density at radius 2 is 1.83 bits per heavy atom. The maximum absolute atomic E-state index is 12.7. The third kappa shape index (κ3) is 4.02. The summed E-state index contributed by atoms with van der Waals surface area (Å²) in [6.45, 7) is 0. The van der Waals surface area contributed by atoms with Crippen LogP contribution in [-0.4, -0.2) is 32.2 Å². The van der Waals surface area contributed by atoms with Crippen LogP contribution in [0.2, 0.25) is 0 Å². The van der Waals surface area contributed by atoms with Crippen LogP contribution in [0.5, 0.6) is 0 Å². The fraction of sp³-hybridized carbons (Fsp3) is 0.158. The van der Waals surface area contributed by atoms with Crippen molar-refractivity contribution in [3.8, 4) is 0 Å². The van der Waals surface area contributed by atoms with E-state index in [0.29, 0.717) is 18.0 Å². The molecule has 0 N–H and O–H groups in total. The van der Waals surface area contributed by atoms with E-state index < -0.39 is 16.1 Å². The molecule has 2 aromatic carbocycles. The largest absolute Gasteiger partial charge is 0.416 e. The number of aromatic nitrogens is 2. The van der Waals surface area contributed by atoms with Gasteiger partial charge in [0.1, 0.15) is 5.25 Å². The van der Waals surface area contributed by atoms with Crippen LogP contribution in [-0.2, 0) is 16.0 Å². The summed E-state index contributed by atoms with van der Waals surface area (Å²) in [5.74, 6) is -0.385.